The summed E-state index contributed by atoms with van der Waals surface area (Å²) in [6, 6.07) is 34.2. The fourth-order valence-corrected chi connectivity index (χ4v) is 9.11. The zero-order valence-electron chi connectivity index (χ0n) is 35.1. The molecule has 0 bridgehead atoms. The standard InChI is InChI=1S/C25H25.C15H14.C12H19.2ClH.Zr/c1-14-12-24(3,4)22-8-16-7-17-9-23-19(15(2)13-25(23,5)6)11-21(17)20(16)10-18(14)22;1-12-3-7-14(8-4-12)11-15-9-5-13(2)6-10-15;1-5-6-10-7-8-11(9-10)12(2,3)4;;;/h8-12H,7H2,1-6H3;3-10H,1-2H3;7-9H,5-6H2,1-4H3;2*1H;/q-1;;-1;;;+2/p-2. The van der Waals surface area contributed by atoms with Gasteiger partial charge in [-0.1, -0.05) is 104 Å². The van der Waals surface area contributed by atoms with Crippen LogP contribution in [0.4, 0.5) is 0 Å². The molecule has 0 atom stereocenters. The second-order valence-electron chi connectivity index (χ2n) is 17.8. The van der Waals surface area contributed by atoms with Gasteiger partial charge in [-0.25, -0.2) is 11.6 Å². The Hall–Kier alpha value is -2.96. The SMILES string of the molecule is CC1=[C-]C(C)(C)c2cc3c(cc21)-c1cc2c(cc1C3)C(C)(C)C=C2C.CCCc1cc(C(C)(C)C)c[cH-]1.Cc1ccc([C](=[Zr+2])c2ccc(C)cc2)cc1.[Cl-].[Cl-]. The first kappa shape index (κ1) is 44.8. The van der Waals surface area contributed by atoms with Gasteiger partial charge in [-0.3, -0.25) is 6.08 Å². The molecule has 8 rings (SSSR count). The number of hydrogen-bond acceptors (Lipinski definition) is 0. The van der Waals surface area contributed by atoms with E-state index in [1.807, 2.05) is 0 Å². The molecule has 0 nitrogen and oxygen atoms in total. The van der Waals surface area contributed by atoms with E-state index in [0.29, 0.717) is 5.41 Å². The van der Waals surface area contributed by atoms with Crippen molar-refractivity contribution < 1.29 is 49.0 Å². The summed E-state index contributed by atoms with van der Waals surface area (Å²) in [5.74, 6) is 0. The van der Waals surface area contributed by atoms with Crippen LogP contribution in [0.1, 0.15) is 142 Å². The van der Waals surface area contributed by atoms with Crippen LogP contribution in [0.3, 0.4) is 0 Å². The Morgan fingerprint density at radius 2 is 1.22 bits per heavy atom. The number of rotatable bonds is 4. The van der Waals surface area contributed by atoms with Crippen molar-refractivity contribution in [3.63, 3.8) is 0 Å². The molecule has 0 aliphatic heterocycles. The smallest absolute Gasteiger partial charge is 1.00 e. The number of fused-ring (bicyclic) bond motifs is 5. The minimum atomic E-state index is 0. The van der Waals surface area contributed by atoms with Crippen molar-refractivity contribution in [1.29, 1.82) is 0 Å². The van der Waals surface area contributed by atoms with Crippen LogP contribution in [0.25, 0.3) is 22.3 Å². The number of hydrogen-bond donors (Lipinski definition) is 0. The second kappa shape index (κ2) is 17.3. The van der Waals surface area contributed by atoms with Crippen molar-refractivity contribution >= 4 is 14.4 Å². The summed E-state index contributed by atoms with van der Waals surface area (Å²) < 4.78 is 1.42. The number of allylic oxidation sites excluding steroid dienone is 4. The molecule has 0 spiro atoms. The molecule has 0 unspecified atom stereocenters. The average molecular weight is 845 g/mol. The molecule has 0 amide bonds. The zero-order chi connectivity index (χ0) is 38.5. The van der Waals surface area contributed by atoms with Crippen molar-refractivity contribution in [3.05, 3.63) is 170 Å². The van der Waals surface area contributed by atoms with Gasteiger partial charge in [0, 0.05) is 5.41 Å². The first-order valence-electron chi connectivity index (χ1n) is 19.5. The van der Waals surface area contributed by atoms with E-state index in [-0.39, 0.29) is 35.6 Å². The molecular formula is C52H58Cl2Zr-2. The van der Waals surface area contributed by atoms with Crippen LogP contribution < -0.4 is 24.8 Å². The maximum atomic E-state index is 3.65. The van der Waals surface area contributed by atoms with Crippen LogP contribution in [0.5, 0.6) is 0 Å². The first-order chi connectivity index (χ1) is 24.9. The Balaban J connectivity index is 0.000000195. The molecule has 0 heterocycles. The molecule has 0 saturated heterocycles. The van der Waals surface area contributed by atoms with Crippen LogP contribution in [-0.2, 0) is 53.3 Å². The summed E-state index contributed by atoms with van der Waals surface area (Å²) in [6.45, 7) is 26.9. The molecule has 5 aromatic carbocycles. The minimum Gasteiger partial charge on any atom is -1.00 e. The van der Waals surface area contributed by atoms with Crippen molar-refractivity contribution in [3.8, 4) is 11.1 Å². The maximum Gasteiger partial charge on any atom is -1.00 e. The zero-order valence-corrected chi connectivity index (χ0v) is 39.1. The van der Waals surface area contributed by atoms with Gasteiger partial charge in [0.1, 0.15) is 0 Å². The summed E-state index contributed by atoms with van der Waals surface area (Å²) in [5, 5.41) is 0. The van der Waals surface area contributed by atoms with E-state index in [9.17, 15) is 0 Å². The summed E-state index contributed by atoms with van der Waals surface area (Å²) >= 11 is 1.46. The van der Waals surface area contributed by atoms with Gasteiger partial charge < -0.3 is 24.8 Å². The van der Waals surface area contributed by atoms with Gasteiger partial charge in [0.05, 0.1) is 0 Å². The molecule has 3 aliphatic rings. The third-order valence-corrected chi connectivity index (χ3v) is 12.8. The van der Waals surface area contributed by atoms with Gasteiger partial charge in [0.25, 0.3) is 0 Å². The maximum absolute atomic E-state index is 3.65. The van der Waals surface area contributed by atoms with Crippen molar-refractivity contribution in [2.45, 2.75) is 119 Å². The molecule has 3 heteroatoms. The van der Waals surface area contributed by atoms with E-state index in [1.54, 1.807) is 0 Å². The quantitative estimate of drug-likeness (QED) is 0.161. The van der Waals surface area contributed by atoms with Gasteiger partial charge in [-0.15, -0.1) is 11.6 Å². The van der Waals surface area contributed by atoms with E-state index in [0.717, 1.165) is 6.42 Å². The fourth-order valence-electron chi connectivity index (χ4n) is 8.29. The predicted octanol–water partition coefficient (Wildman–Crippen LogP) is 7.53. The van der Waals surface area contributed by atoms with Crippen molar-refractivity contribution in [1.82, 2.24) is 0 Å². The van der Waals surface area contributed by atoms with Crippen LogP contribution in [0, 0.1) is 19.9 Å². The number of halogens is 2. The Labute approximate surface area is 360 Å². The summed E-state index contributed by atoms with van der Waals surface area (Å²) in [5.41, 5.74) is 23.1. The molecule has 0 N–H and O–H groups in total. The van der Waals surface area contributed by atoms with E-state index in [2.05, 4.69) is 186 Å². The normalized spacial score (nSPS) is 14.9. The van der Waals surface area contributed by atoms with Gasteiger partial charge in [-0.2, -0.15) is 28.8 Å². The Bertz CT molecular complexity index is 2100. The largest absolute Gasteiger partial charge is 1.00 e. The van der Waals surface area contributed by atoms with Gasteiger partial charge in [0.15, 0.2) is 0 Å². The van der Waals surface area contributed by atoms with Crippen LogP contribution in [0.15, 0.2) is 97.1 Å². The third kappa shape index (κ3) is 9.61. The Kier molecular flexibility index (Phi) is 14.0. The van der Waals surface area contributed by atoms with Crippen LogP contribution in [-0.4, -0.2) is 3.21 Å². The van der Waals surface area contributed by atoms with Gasteiger partial charge >= 0.3 is 112 Å². The molecule has 5 aromatic rings. The van der Waals surface area contributed by atoms with E-state index < -0.39 is 0 Å². The topological polar surface area (TPSA) is 0 Å². The molecule has 0 fully saturated rings. The Morgan fingerprint density at radius 1 is 0.709 bits per heavy atom. The molecule has 55 heavy (non-hydrogen) atoms. The molecular weight excluding hydrogens is 787 g/mol. The molecule has 0 radical (unpaired) electrons. The van der Waals surface area contributed by atoms with E-state index in [4.69, 9.17) is 0 Å². The molecule has 3 aliphatic carbocycles. The van der Waals surface area contributed by atoms with Crippen molar-refractivity contribution in [2.75, 3.05) is 0 Å². The van der Waals surface area contributed by atoms with E-state index >= 15 is 0 Å². The molecule has 286 valence electrons. The molecule has 0 aromatic heterocycles. The van der Waals surface area contributed by atoms with Crippen LogP contribution >= 0.6 is 0 Å². The summed E-state index contributed by atoms with van der Waals surface area (Å²) in [6.07, 6.45) is 9.60. The van der Waals surface area contributed by atoms with E-state index in [1.165, 1.54) is 129 Å². The average Bonchev–Trinajstić information content (AvgIpc) is 3.82. The minimum absolute atomic E-state index is 0. The van der Waals surface area contributed by atoms with Crippen molar-refractivity contribution in [2.24, 2.45) is 0 Å². The second-order valence-corrected chi connectivity index (χ2v) is 19.1. The monoisotopic (exact) mass is 842 g/mol. The van der Waals surface area contributed by atoms with Gasteiger partial charge in [-0.05, 0) is 58.4 Å². The van der Waals surface area contributed by atoms with Gasteiger partial charge in [0.2, 0.25) is 0 Å². The fraction of sp³-hybridized carbons (Fsp3) is 0.346. The summed E-state index contributed by atoms with van der Waals surface area (Å²) in [7, 11) is 0. The Morgan fingerprint density at radius 3 is 1.71 bits per heavy atom. The third-order valence-electron chi connectivity index (χ3n) is 11.3. The number of aryl methyl sites for hydroxylation is 3. The predicted molar refractivity (Wildman–Crippen MR) is 227 cm³/mol. The van der Waals surface area contributed by atoms with Crippen LogP contribution in [0.2, 0.25) is 0 Å². The molecule has 0 saturated carbocycles. The number of benzene rings is 4. The summed E-state index contributed by atoms with van der Waals surface area (Å²) in [4.78, 5) is 0. The first-order valence-corrected chi connectivity index (χ1v) is 20.8.